The van der Waals surface area contributed by atoms with Gasteiger partial charge in [0.25, 0.3) is 0 Å². The fourth-order valence-electron chi connectivity index (χ4n) is 2.36. The summed E-state index contributed by atoms with van der Waals surface area (Å²) in [5, 5.41) is 12.0. The van der Waals surface area contributed by atoms with Crippen LogP contribution in [0.15, 0.2) is 59.2 Å². The van der Waals surface area contributed by atoms with Crippen LogP contribution in [0.5, 0.6) is 0 Å². The molecule has 0 aliphatic carbocycles. The number of carbonyl (C=O) groups is 1. The quantitative estimate of drug-likeness (QED) is 0.755. The molecule has 1 aromatic heterocycles. The second kappa shape index (κ2) is 7.10. The third kappa shape index (κ3) is 3.70. The predicted octanol–water partition coefficient (Wildman–Crippen LogP) is 3.32. The molecule has 0 fully saturated rings. The molecule has 0 saturated carbocycles. The summed E-state index contributed by atoms with van der Waals surface area (Å²) in [6.07, 6.45) is 1.62. The maximum Gasteiger partial charge on any atom is 0.230 e. The standard InChI is InChI=1S/C19H18N2O3/c1-13-7-8-14(11-22)9-17(13)21-18(23)10-16-12-24-19(20-16)15-5-3-2-4-6-15/h2-9,12,22H,10-11H2,1H3,(H,21,23). The number of oxazole rings is 1. The molecule has 1 heterocycles. The van der Waals surface area contributed by atoms with Crippen molar-refractivity contribution in [3.05, 3.63) is 71.6 Å². The first-order valence-electron chi connectivity index (χ1n) is 7.66. The van der Waals surface area contributed by atoms with E-state index in [0.29, 0.717) is 17.3 Å². The first-order chi connectivity index (χ1) is 11.7. The van der Waals surface area contributed by atoms with Gasteiger partial charge in [-0.2, -0.15) is 0 Å². The minimum atomic E-state index is -0.180. The molecule has 0 saturated heterocycles. The van der Waals surface area contributed by atoms with Crippen molar-refractivity contribution in [2.24, 2.45) is 0 Å². The normalized spacial score (nSPS) is 10.6. The van der Waals surface area contributed by atoms with E-state index in [1.54, 1.807) is 6.07 Å². The highest BCUT2D eigenvalue weighted by Gasteiger charge is 2.11. The zero-order valence-corrected chi connectivity index (χ0v) is 13.3. The van der Waals surface area contributed by atoms with Crippen molar-refractivity contribution in [2.45, 2.75) is 20.0 Å². The first-order valence-corrected chi connectivity index (χ1v) is 7.66. The van der Waals surface area contributed by atoms with Gasteiger partial charge in [0, 0.05) is 11.3 Å². The van der Waals surface area contributed by atoms with Gasteiger partial charge in [-0.15, -0.1) is 0 Å². The summed E-state index contributed by atoms with van der Waals surface area (Å²) in [5.74, 6) is 0.318. The van der Waals surface area contributed by atoms with Crippen LogP contribution < -0.4 is 5.32 Å². The van der Waals surface area contributed by atoms with E-state index in [1.165, 1.54) is 6.26 Å². The molecule has 122 valence electrons. The molecular weight excluding hydrogens is 304 g/mol. The monoisotopic (exact) mass is 322 g/mol. The molecule has 2 aromatic carbocycles. The van der Waals surface area contributed by atoms with Crippen molar-refractivity contribution in [1.82, 2.24) is 4.98 Å². The number of aliphatic hydroxyl groups is 1. The van der Waals surface area contributed by atoms with Gasteiger partial charge in [-0.05, 0) is 36.2 Å². The van der Waals surface area contributed by atoms with E-state index in [9.17, 15) is 9.90 Å². The van der Waals surface area contributed by atoms with Crippen LogP contribution in [0.1, 0.15) is 16.8 Å². The summed E-state index contributed by atoms with van der Waals surface area (Å²) in [5.41, 5.74) is 3.82. The van der Waals surface area contributed by atoms with E-state index in [0.717, 1.165) is 16.7 Å². The summed E-state index contributed by atoms with van der Waals surface area (Å²) in [4.78, 5) is 16.6. The number of nitrogens with zero attached hydrogens (tertiary/aromatic N) is 1. The number of aryl methyl sites for hydroxylation is 1. The van der Waals surface area contributed by atoms with Crippen LogP contribution >= 0.6 is 0 Å². The Morgan fingerprint density at radius 2 is 2.00 bits per heavy atom. The molecule has 0 atom stereocenters. The topological polar surface area (TPSA) is 75.4 Å². The van der Waals surface area contributed by atoms with Crippen molar-refractivity contribution in [2.75, 3.05) is 5.32 Å². The first kappa shape index (κ1) is 16.0. The van der Waals surface area contributed by atoms with Crippen LogP contribution in [0.2, 0.25) is 0 Å². The van der Waals surface area contributed by atoms with Crippen molar-refractivity contribution in [3.8, 4) is 11.5 Å². The van der Waals surface area contributed by atoms with Crippen molar-refractivity contribution in [3.63, 3.8) is 0 Å². The molecule has 5 nitrogen and oxygen atoms in total. The lowest BCUT2D eigenvalue weighted by molar-refractivity contribution is -0.115. The molecule has 24 heavy (non-hydrogen) atoms. The Morgan fingerprint density at radius 1 is 1.21 bits per heavy atom. The number of rotatable bonds is 5. The Bertz CT molecular complexity index is 841. The van der Waals surface area contributed by atoms with Gasteiger partial charge in [-0.3, -0.25) is 4.79 Å². The molecular formula is C19H18N2O3. The van der Waals surface area contributed by atoms with E-state index in [4.69, 9.17) is 4.42 Å². The van der Waals surface area contributed by atoms with E-state index < -0.39 is 0 Å². The molecule has 0 radical (unpaired) electrons. The van der Waals surface area contributed by atoms with E-state index in [-0.39, 0.29) is 18.9 Å². The largest absolute Gasteiger partial charge is 0.444 e. The van der Waals surface area contributed by atoms with Crippen molar-refractivity contribution < 1.29 is 14.3 Å². The van der Waals surface area contributed by atoms with Gasteiger partial charge in [-0.25, -0.2) is 4.98 Å². The highest BCUT2D eigenvalue weighted by molar-refractivity contribution is 5.92. The summed E-state index contributed by atoms with van der Waals surface area (Å²) >= 11 is 0. The van der Waals surface area contributed by atoms with Crippen LogP contribution in [0.25, 0.3) is 11.5 Å². The number of amides is 1. The molecule has 0 spiro atoms. The molecule has 0 bridgehead atoms. The Kier molecular flexibility index (Phi) is 4.72. The number of anilines is 1. The minimum Gasteiger partial charge on any atom is -0.444 e. The summed E-state index contributed by atoms with van der Waals surface area (Å²) < 4.78 is 5.44. The number of hydrogen-bond donors (Lipinski definition) is 2. The fourth-order valence-corrected chi connectivity index (χ4v) is 2.36. The second-order valence-electron chi connectivity index (χ2n) is 5.54. The van der Waals surface area contributed by atoms with Gasteiger partial charge in [-0.1, -0.05) is 30.3 Å². The van der Waals surface area contributed by atoms with Gasteiger partial charge < -0.3 is 14.8 Å². The Morgan fingerprint density at radius 3 is 2.75 bits per heavy atom. The lowest BCUT2D eigenvalue weighted by Crippen LogP contribution is -2.15. The van der Waals surface area contributed by atoms with Gasteiger partial charge >= 0.3 is 0 Å². The lowest BCUT2D eigenvalue weighted by atomic mass is 10.1. The highest BCUT2D eigenvalue weighted by atomic mass is 16.3. The summed E-state index contributed by atoms with van der Waals surface area (Å²) in [6, 6.07) is 15.0. The van der Waals surface area contributed by atoms with Gasteiger partial charge in [0.2, 0.25) is 11.8 Å². The van der Waals surface area contributed by atoms with Crippen LogP contribution in [-0.2, 0) is 17.8 Å². The molecule has 1 amide bonds. The van der Waals surface area contributed by atoms with Crippen LogP contribution in [0, 0.1) is 6.92 Å². The Balaban J connectivity index is 1.69. The lowest BCUT2D eigenvalue weighted by Gasteiger charge is -2.09. The number of nitrogens with one attached hydrogen (secondary N) is 1. The SMILES string of the molecule is Cc1ccc(CO)cc1NC(=O)Cc1coc(-c2ccccc2)n1. The second-order valence-corrected chi connectivity index (χ2v) is 5.54. The number of benzene rings is 2. The summed E-state index contributed by atoms with van der Waals surface area (Å²) in [6.45, 7) is 1.84. The number of carbonyl (C=O) groups excluding carboxylic acids is 1. The Hall–Kier alpha value is -2.92. The molecule has 0 unspecified atom stereocenters. The van der Waals surface area contributed by atoms with E-state index in [2.05, 4.69) is 10.3 Å². The van der Waals surface area contributed by atoms with Crippen molar-refractivity contribution >= 4 is 11.6 Å². The highest BCUT2D eigenvalue weighted by Crippen LogP contribution is 2.20. The zero-order chi connectivity index (χ0) is 16.9. The maximum absolute atomic E-state index is 12.2. The van der Waals surface area contributed by atoms with E-state index >= 15 is 0 Å². The average Bonchev–Trinajstić information content (AvgIpc) is 3.06. The third-order valence-electron chi connectivity index (χ3n) is 3.67. The molecule has 3 rings (SSSR count). The number of aliphatic hydroxyl groups excluding tert-OH is 1. The third-order valence-corrected chi connectivity index (χ3v) is 3.67. The van der Waals surface area contributed by atoms with Crippen LogP contribution in [0.4, 0.5) is 5.69 Å². The fraction of sp³-hybridized carbons (Fsp3) is 0.158. The molecule has 5 heteroatoms. The number of aromatic nitrogens is 1. The zero-order valence-electron chi connectivity index (χ0n) is 13.3. The summed E-state index contributed by atoms with van der Waals surface area (Å²) in [7, 11) is 0. The number of hydrogen-bond acceptors (Lipinski definition) is 4. The van der Waals surface area contributed by atoms with E-state index in [1.807, 2.05) is 49.4 Å². The van der Waals surface area contributed by atoms with Gasteiger partial charge in [0.15, 0.2) is 0 Å². The molecule has 3 aromatic rings. The average molecular weight is 322 g/mol. The minimum absolute atomic E-state index is 0.0626. The molecule has 2 N–H and O–H groups in total. The van der Waals surface area contributed by atoms with Gasteiger partial charge in [0.05, 0.1) is 18.7 Å². The molecule has 0 aliphatic heterocycles. The van der Waals surface area contributed by atoms with Crippen molar-refractivity contribution in [1.29, 1.82) is 0 Å². The predicted molar refractivity (Wildman–Crippen MR) is 91.4 cm³/mol. The Labute approximate surface area is 140 Å². The smallest absolute Gasteiger partial charge is 0.230 e. The van der Waals surface area contributed by atoms with Crippen LogP contribution in [0.3, 0.4) is 0 Å². The maximum atomic E-state index is 12.2. The molecule has 0 aliphatic rings. The van der Waals surface area contributed by atoms with Gasteiger partial charge in [0.1, 0.15) is 6.26 Å². The van der Waals surface area contributed by atoms with Crippen LogP contribution in [-0.4, -0.2) is 16.0 Å².